The highest BCUT2D eigenvalue weighted by molar-refractivity contribution is 7.89. The van der Waals surface area contributed by atoms with Crippen molar-refractivity contribution >= 4 is 27.6 Å². The van der Waals surface area contributed by atoms with Gasteiger partial charge in [0.1, 0.15) is 18.8 Å². The summed E-state index contributed by atoms with van der Waals surface area (Å²) < 4.78 is 33.2. The molecule has 11 heteroatoms. The van der Waals surface area contributed by atoms with E-state index < -0.39 is 33.1 Å². The van der Waals surface area contributed by atoms with Crippen LogP contribution in [0.15, 0.2) is 65.6 Å². The van der Waals surface area contributed by atoms with E-state index in [2.05, 4.69) is 0 Å². The number of benzene rings is 2. The van der Waals surface area contributed by atoms with Gasteiger partial charge in [-0.25, -0.2) is 13.2 Å². The summed E-state index contributed by atoms with van der Waals surface area (Å²) in [6.07, 6.45) is 2.71. The Balaban J connectivity index is 1.51. The lowest BCUT2D eigenvalue weighted by atomic mass is 10.0. The molecule has 4 rings (SSSR count). The molecule has 178 valence electrons. The van der Waals surface area contributed by atoms with Gasteiger partial charge in [0, 0.05) is 18.7 Å². The van der Waals surface area contributed by atoms with Gasteiger partial charge in [0.05, 0.1) is 16.2 Å². The van der Waals surface area contributed by atoms with Crippen LogP contribution in [0.5, 0.6) is 0 Å². The summed E-state index contributed by atoms with van der Waals surface area (Å²) in [5.74, 6) is -1.00. The second kappa shape index (κ2) is 9.35. The molecule has 2 aliphatic rings. The number of hydrogen-bond acceptors (Lipinski definition) is 7. The fourth-order valence-electron chi connectivity index (χ4n) is 3.95. The quantitative estimate of drug-likeness (QED) is 0.202. The second-order valence-corrected chi connectivity index (χ2v) is 10.0. The number of nitro groups is 1. The number of carbonyl (C=O) groups excluding carboxylic acids is 2. The SMILES string of the molecule is Cc1ccc(S(=O)(=O)N2C/C=C\CC(C(=O)OCc3ccc([N+](=O)[O-])cc3)N3C(=O)C[C@H]32)cc1. The van der Waals surface area contributed by atoms with Gasteiger partial charge in [0.25, 0.3) is 5.69 Å². The summed E-state index contributed by atoms with van der Waals surface area (Å²) in [6.45, 7) is 1.80. The number of rotatable bonds is 6. The number of sulfonamides is 1. The van der Waals surface area contributed by atoms with Crippen molar-refractivity contribution in [3.8, 4) is 0 Å². The zero-order valence-electron chi connectivity index (χ0n) is 18.4. The highest BCUT2D eigenvalue weighted by Gasteiger charge is 2.50. The van der Waals surface area contributed by atoms with Gasteiger partial charge < -0.3 is 9.64 Å². The van der Waals surface area contributed by atoms with E-state index in [-0.39, 0.29) is 42.5 Å². The molecule has 10 nitrogen and oxygen atoms in total. The molecule has 2 aliphatic heterocycles. The maximum atomic E-state index is 13.3. The molecule has 1 unspecified atom stereocenters. The number of nitro benzene ring substituents is 1. The molecule has 2 aromatic carbocycles. The average Bonchev–Trinajstić information content (AvgIpc) is 2.79. The fourth-order valence-corrected chi connectivity index (χ4v) is 5.48. The van der Waals surface area contributed by atoms with Crippen LogP contribution in [0.1, 0.15) is 24.0 Å². The molecule has 0 saturated carbocycles. The average molecular weight is 486 g/mol. The Morgan fingerprint density at radius 2 is 1.79 bits per heavy atom. The van der Waals surface area contributed by atoms with Crippen LogP contribution < -0.4 is 0 Å². The molecule has 0 bridgehead atoms. The largest absolute Gasteiger partial charge is 0.459 e. The van der Waals surface area contributed by atoms with E-state index in [0.717, 1.165) is 5.56 Å². The van der Waals surface area contributed by atoms with Crippen LogP contribution in [-0.2, 0) is 31.0 Å². The van der Waals surface area contributed by atoms with Crippen LogP contribution in [0.4, 0.5) is 5.69 Å². The molecule has 2 aromatic rings. The summed E-state index contributed by atoms with van der Waals surface area (Å²) in [4.78, 5) is 37.0. The zero-order chi connectivity index (χ0) is 24.5. The van der Waals surface area contributed by atoms with Gasteiger partial charge in [-0.05, 0) is 43.2 Å². The lowest BCUT2D eigenvalue weighted by Gasteiger charge is -2.49. The lowest BCUT2D eigenvalue weighted by Crippen LogP contribution is -2.67. The van der Waals surface area contributed by atoms with Gasteiger partial charge in [0.2, 0.25) is 15.9 Å². The maximum Gasteiger partial charge on any atom is 0.329 e. The molecule has 0 spiro atoms. The second-order valence-electron chi connectivity index (χ2n) is 8.13. The molecule has 2 heterocycles. The van der Waals surface area contributed by atoms with Crippen LogP contribution >= 0.6 is 0 Å². The molecule has 34 heavy (non-hydrogen) atoms. The molecular formula is C23H23N3O7S. The number of hydrogen-bond donors (Lipinski definition) is 0. The molecule has 1 fully saturated rings. The minimum Gasteiger partial charge on any atom is -0.459 e. The van der Waals surface area contributed by atoms with Crippen LogP contribution in [0.2, 0.25) is 0 Å². The highest BCUT2D eigenvalue weighted by Crippen LogP contribution is 2.33. The van der Waals surface area contributed by atoms with Gasteiger partial charge in [0.15, 0.2) is 0 Å². The lowest BCUT2D eigenvalue weighted by molar-refractivity contribution is -0.384. The summed E-state index contributed by atoms with van der Waals surface area (Å²) in [6, 6.07) is 11.1. The Labute approximate surface area is 196 Å². The van der Waals surface area contributed by atoms with E-state index in [4.69, 9.17) is 4.74 Å². The minimum absolute atomic E-state index is 0.0228. The summed E-state index contributed by atoms with van der Waals surface area (Å²) in [7, 11) is -3.91. The normalized spacial score (nSPS) is 21.6. The van der Waals surface area contributed by atoms with Crippen molar-refractivity contribution in [1.82, 2.24) is 9.21 Å². The molecule has 2 atom stereocenters. The Bertz CT molecular complexity index is 1240. The Morgan fingerprint density at radius 1 is 1.12 bits per heavy atom. The Kier molecular flexibility index (Phi) is 6.49. The van der Waals surface area contributed by atoms with Gasteiger partial charge in [-0.15, -0.1) is 0 Å². The molecule has 0 N–H and O–H groups in total. The number of fused-ring (bicyclic) bond motifs is 1. The van der Waals surface area contributed by atoms with Crippen molar-refractivity contribution in [1.29, 1.82) is 0 Å². The van der Waals surface area contributed by atoms with Crippen molar-refractivity contribution in [2.45, 2.75) is 43.5 Å². The third-order valence-corrected chi connectivity index (χ3v) is 7.75. The monoisotopic (exact) mass is 485 g/mol. The molecule has 0 aromatic heterocycles. The van der Waals surface area contributed by atoms with Crippen molar-refractivity contribution < 1.29 is 27.7 Å². The first kappa shape index (κ1) is 23.6. The number of esters is 1. The van der Waals surface area contributed by atoms with Crippen LogP contribution in [0, 0.1) is 17.0 Å². The number of β-lactam (4-membered cyclic amide) rings is 1. The number of nitrogens with zero attached hydrogens (tertiary/aromatic N) is 3. The molecule has 1 saturated heterocycles. The number of aryl methyl sites for hydroxylation is 1. The van der Waals surface area contributed by atoms with Crippen LogP contribution in [0.3, 0.4) is 0 Å². The van der Waals surface area contributed by atoms with E-state index in [0.29, 0.717) is 5.56 Å². The van der Waals surface area contributed by atoms with Crippen molar-refractivity contribution in [2.24, 2.45) is 0 Å². The predicted octanol–water partition coefficient (Wildman–Crippen LogP) is 2.52. The first-order valence-electron chi connectivity index (χ1n) is 10.6. The summed E-state index contributed by atoms with van der Waals surface area (Å²) in [5, 5.41) is 10.8. The highest BCUT2D eigenvalue weighted by atomic mass is 32.2. The smallest absolute Gasteiger partial charge is 0.329 e. The van der Waals surface area contributed by atoms with E-state index >= 15 is 0 Å². The number of ether oxygens (including phenoxy) is 1. The molecular weight excluding hydrogens is 462 g/mol. The van der Waals surface area contributed by atoms with Gasteiger partial charge in [-0.3, -0.25) is 14.9 Å². The summed E-state index contributed by atoms with van der Waals surface area (Å²) in [5.41, 5.74) is 1.39. The third-order valence-electron chi connectivity index (χ3n) is 5.87. The number of non-ortho nitro benzene ring substituents is 1. The first-order chi connectivity index (χ1) is 16.2. The fraction of sp³-hybridized carbons (Fsp3) is 0.304. The third kappa shape index (κ3) is 4.57. The van der Waals surface area contributed by atoms with Gasteiger partial charge in [-0.2, -0.15) is 4.31 Å². The maximum absolute atomic E-state index is 13.3. The van der Waals surface area contributed by atoms with Gasteiger partial charge >= 0.3 is 5.97 Å². The Morgan fingerprint density at radius 3 is 2.41 bits per heavy atom. The van der Waals surface area contributed by atoms with Crippen molar-refractivity contribution in [3.05, 3.63) is 81.9 Å². The van der Waals surface area contributed by atoms with Crippen molar-refractivity contribution in [3.63, 3.8) is 0 Å². The first-order valence-corrected chi connectivity index (χ1v) is 12.1. The van der Waals surface area contributed by atoms with E-state index in [1.807, 2.05) is 6.92 Å². The number of carbonyl (C=O) groups is 2. The van der Waals surface area contributed by atoms with E-state index in [9.17, 15) is 28.1 Å². The van der Waals surface area contributed by atoms with Crippen molar-refractivity contribution in [2.75, 3.05) is 6.54 Å². The summed E-state index contributed by atoms with van der Waals surface area (Å²) >= 11 is 0. The minimum atomic E-state index is -3.91. The van der Waals surface area contributed by atoms with Crippen LogP contribution in [-0.4, -0.2) is 53.2 Å². The standard InChI is InChI=1S/C23H23N3O7S/c1-16-5-11-19(12-6-16)34(31,32)24-13-3-2-4-20(25-21(24)14-22(25)27)23(28)33-15-17-7-9-18(10-8-17)26(29)30/h2-3,5-12,20-21H,4,13-15H2,1H3/b3-2-/t20?,21-/m0/s1. The van der Waals surface area contributed by atoms with E-state index in [1.54, 1.807) is 24.3 Å². The predicted molar refractivity (Wildman–Crippen MR) is 121 cm³/mol. The van der Waals surface area contributed by atoms with E-state index in [1.165, 1.54) is 45.6 Å². The zero-order valence-corrected chi connectivity index (χ0v) is 19.2. The Hall–Kier alpha value is -3.57. The number of amides is 1. The topological polar surface area (TPSA) is 127 Å². The van der Waals surface area contributed by atoms with Crippen LogP contribution in [0.25, 0.3) is 0 Å². The molecule has 0 aliphatic carbocycles. The van der Waals surface area contributed by atoms with Gasteiger partial charge in [-0.1, -0.05) is 29.8 Å². The molecule has 1 amide bonds. The molecule has 0 radical (unpaired) electrons.